The van der Waals surface area contributed by atoms with E-state index < -0.39 is 59.6 Å². The number of hydrogen-bond acceptors (Lipinski definition) is 8. The second-order valence-corrected chi connectivity index (χ2v) is 10.4. The van der Waals surface area contributed by atoms with Crippen LogP contribution in [0, 0.1) is 11.8 Å². The van der Waals surface area contributed by atoms with Crippen molar-refractivity contribution in [2.24, 2.45) is 11.8 Å². The number of ketones is 1. The molecule has 0 unspecified atom stereocenters. The van der Waals surface area contributed by atoms with E-state index >= 15 is 0 Å². The zero-order valence-electron chi connectivity index (χ0n) is 23.8. The molecule has 3 N–H and O–H groups in total. The average Bonchev–Trinajstić information content (AvgIpc) is 2.94. The van der Waals surface area contributed by atoms with Gasteiger partial charge in [-0.15, -0.1) is 0 Å². The van der Waals surface area contributed by atoms with Crippen molar-refractivity contribution in [3.05, 3.63) is 59.7 Å². The number of carbonyl (C=O) groups is 5. The van der Waals surface area contributed by atoms with E-state index in [1.54, 1.807) is 6.92 Å². The van der Waals surface area contributed by atoms with Crippen LogP contribution in [-0.2, 0) is 35.1 Å². The zero-order chi connectivity index (χ0) is 30.1. The molecule has 0 aliphatic carbocycles. The first kappa shape index (κ1) is 31.3. The number of anilines is 1. The highest BCUT2D eigenvalue weighted by molar-refractivity contribution is 6.02. The summed E-state index contributed by atoms with van der Waals surface area (Å²) in [6.45, 7) is 6.36. The van der Waals surface area contributed by atoms with Gasteiger partial charge in [0.25, 0.3) is 5.91 Å². The number of cyclic esters (lactones) is 2. The van der Waals surface area contributed by atoms with Gasteiger partial charge in [0, 0.05) is 25.7 Å². The maximum atomic E-state index is 13.4. The van der Waals surface area contributed by atoms with Crippen LogP contribution in [0.1, 0.15) is 69.3 Å². The molecular weight excluding hydrogens is 528 g/mol. The van der Waals surface area contributed by atoms with Gasteiger partial charge in [-0.1, -0.05) is 56.2 Å². The van der Waals surface area contributed by atoms with Crippen LogP contribution in [-0.4, -0.2) is 52.9 Å². The molecule has 10 heteroatoms. The largest absolute Gasteiger partial charge is 0.505 e. The van der Waals surface area contributed by atoms with Gasteiger partial charge in [0.05, 0.1) is 17.2 Å². The molecular formula is C31H38N2O8. The number of esters is 2. The molecule has 1 aliphatic heterocycles. The van der Waals surface area contributed by atoms with Gasteiger partial charge < -0.3 is 25.2 Å². The van der Waals surface area contributed by atoms with Crippen LogP contribution in [0.25, 0.3) is 0 Å². The Bertz CT molecular complexity index is 1260. The molecule has 3 rings (SSSR count). The lowest BCUT2D eigenvalue weighted by molar-refractivity contribution is -0.157. The van der Waals surface area contributed by atoms with Gasteiger partial charge >= 0.3 is 11.9 Å². The lowest BCUT2D eigenvalue weighted by Gasteiger charge is -2.29. The van der Waals surface area contributed by atoms with Crippen LogP contribution < -0.4 is 10.6 Å². The van der Waals surface area contributed by atoms with Crippen LogP contribution in [0.5, 0.6) is 5.75 Å². The summed E-state index contributed by atoms with van der Waals surface area (Å²) in [7, 11) is 0. The van der Waals surface area contributed by atoms with E-state index in [0.717, 1.165) is 12.0 Å². The number of para-hydroxylation sites is 1. The predicted molar refractivity (Wildman–Crippen MR) is 151 cm³/mol. The van der Waals surface area contributed by atoms with Crippen molar-refractivity contribution in [1.29, 1.82) is 0 Å². The van der Waals surface area contributed by atoms with Gasteiger partial charge in [-0.05, 0) is 38.0 Å². The van der Waals surface area contributed by atoms with Gasteiger partial charge in [-0.25, -0.2) is 4.79 Å². The Morgan fingerprint density at radius 3 is 2.27 bits per heavy atom. The van der Waals surface area contributed by atoms with Crippen molar-refractivity contribution in [1.82, 2.24) is 5.32 Å². The summed E-state index contributed by atoms with van der Waals surface area (Å²) in [6.07, 6.45) is 0.257. The van der Waals surface area contributed by atoms with E-state index in [2.05, 4.69) is 10.6 Å². The third-order valence-corrected chi connectivity index (χ3v) is 7.20. The number of nitrogens with one attached hydrogen (secondary N) is 2. The summed E-state index contributed by atoms with van der Waals surface area (Å²) in [6, 6.07) is 12.1. The van der Waals surface area contributed by atoms with E-state index in [1.807, 2.05) is 37.3 Å². The Labute approximate surface area is 239 Å². The number of Topliss-reactive ketones (excluding diaryl/α,β-unsaturated/α-hetero) is 1. The quantitative estimate of drug-likeness (QED) is 0.289. The lowest BCUT2D eigenvalue weighted by Crippen LogP contribution is -2.50. The number of unbranched alkanes of at least 4 members (excludes halogenated alkanes) is 1. The number of aromatic hydroxyl groups is 1. The van der Waals surface area contributed by atoms with Crippen LogP contribution in [0.3, 0.4) is 0 Å². The van der Waals surface area contributed by atoms with Crippen LogP contribution in [0.4, 0.5) is 5.69 Å². The Morgan fingerprint density at radius 1 is 0.927 bits per heavy atom. The minimum Gasteiger partial charge on any atom is -0.505 e. The molecule has 220 valence electrons. The number of benzene rings is 2. The summed E-state index contributed by atoms with van der Waals surface area (Å²) in [4.78, 5) is 64.4. The van der Waals surface area contributed by atoms with Crippen molar-refractivity contribution >= 4 is 35.2 Å². The SMILES string of the molecule is CCCC[C@H]1C(=O)O[C@H](C)[C@H](NC(=O)c2cccc(NC(C)=O)c2O)C(=O)O[C@@H](C)[C@@H]1CC(=O)Cc1ccccc1. The van der Waals surface area contributed by atoms with Crippen molar-refractivity contribution in [3.8, 4) is 5.75 Å². The van der Waals surface area contributed by atoms with E-state index in [4.69, 9.17) is 9.47 Å². The first-order valence-electron chi connectivity index (χ1n) is 13.9. The molecule has 2 amide bonds. The number of rotatable bonds is 10. The molecule has 41 heavy (non-hydrogen) atoms. The molecule has 0 bridgehead atoms. The maximum absolute atomic E-state index is 13.4. The highest BCUT2D eigenvalue weighted by Crippen LogP contribution is 2.32. The first-order chi connectivity index (χ1) is 19.5. The molecule has 1 aliphatic rings. The van der Waals surface area contributed by atoms with Crippen LogP contribution >= 0.6 is 0 Å². The fourth-order valence-corrected chi connectivity index (χ4v) is 5.01. The number of phenols is 1. The first-order valence-corrected chi connectivity index (χ1v) is 13.9. The smallest absolute Gasteiger partial charge is 0.332 e. The Hall–Kier alpha value is -4.21. The van der Waals surface area contributed by atoms with Gasteiger partial charge in [0.1, 0.15) is 18.0 Å². The monoisotopic (exact) mass is 566 g/mol. The summed E-state index contributed by atoms with van der Waals surface area (Å²) in [5.74, 6) is -4.55. The fraction of sp³-hybridized carbons (Fsp3) is 0.452. The summed E-state index contributed by atoms with van der Waals surface area (Å²) < 4.78 is 11.5. The molecule has 2 aromatic rings. The second kappa shape index (κ2) is 14.4. The number of hydrogen-bond donors (Lipinski definition) is 3. The molecule has 0 spiro atoms. The summed E-state index contributed by atoms with van der Waals surface area (Å²) >= 11 is 0. The van der Waals surface area contributed by atoms with Gasteiger partial charge in [0.15, 0.2) is 11.8 Å². The highest BCUT2D eigenvalue weighted by atomic mass is 16.6. The lowest BCUT2D eigenvalue weighted by atomic mass is 9.80. The molecule has 2 aromatic carbocycles. The van der Waals surface area contributed by atoms with Gasteiger partial charge in [-0.2, -0.15) is 0 Å². The fourth-order valence-electron chi connectivity index (χ4n) is 5.01. The number of phenolic OH excluding ortho intramolecular Hbond substituents is 1. The third kappa shape index (κ3) is 8.39. The van der Waals surface area contributed by atoms with Crippen molar-refractivity contribution in [3.63, 3.8) is 0 Å². The highest BCUT2D eigenvalue weighted by Gasteiger charge is 2.42. The molecule has 0 radical (unpaired) electrons. The third-order valence-electron chi connectivity index (χ3n) is 7.20. The normalized spacial score (nSPS) is 22.8. The zero-order valence-corrected chi connectivity index (χ0v) is 23.8. The Morgan fingerprint density at radius 2 is 1.61 bits per heavy atom. The molecule has 10 nitrogen and oxygen atoms in total. The topological polar surface area (TPSA) is 148 Å². The molecule has 0 aromatic heterocycles. The minimum atomic E-state index is -1.39. The van der Waals surface area contributed by atoms with Gasteiger partial charge in [0.2, 0.25) is 5.91 Å². The standard InChI is InChI=1S/C31H38N2O8/c1-5-6-13-23-25(17-22(35)16-21-11-8-7-9-12-21)18(2)40-31(39)27(19(3)41-30(23)38)33-29(37)24-14-10-15-26(28(24)36)32-20(4)34/h7-12,14-15,18-19,23,25,27,36H,5-6,13,16-17H2,1-4H3,(H,32,34)(H,33,37)/t18-,19+,23+,25-,27-/m0/s1. The molecule has 1 heterocycles. The van der Waals surface area contributed by atoms with E-state index in [0.29, 0.717) is 12.8 Å². The Kier molecular flexibility index (Phi) is 11.0. The van der Waals surface area contributed by atoms with Crippen LogP contribution in [0.2, 0.25) is 0 Å². The molecule has 0 saturated carbocycles. The van der Waals surface area contributed by atoms with Gasteiger partial charge in [-0.3, -0.25) is 19.2 Å². The number of carbonyl (C=O) groups excluding carboxylic acids is 5. The maximum Gasteiger partial charge on any atom is 0.332 e. The number of amides is 2. The van der Waals surface area contributed by atoms with Crippen molar-refractivity contribution in [2.45, 2.75) is 78.0 Å². The summed E-state index contributed by atoms with van der Waals surface area (Å²) in [5, 5.41) is 15.5. The number of ether oxygens (including phenoxy) is 2. The van der Waals surface area contributed by atoms with Crippen molar-refractivity contribution < 1.29 is 38.6 Å². The molecule has 5 atom stereocenters. The molecule has 1 fully saturated rings. The predicted octanol–water partition coefficient (Wildman–Crippen LogP) is 3.95. The summed E-state index contributed by atoms with van der Waals surface area (Å²) in [5.41, 5.74) is 0.679. The average molecular weight is 567 g/mol. The Balaban J connectivity index is 1.85. The van der Waals surface area contributed by atoms with E-state index in [1.165, 1.54) is 32.0 Å². The second-order valence-electron chi connectivity index (χ2n) is 10.4. The van der Waals surface area contributed by atoms with E-state index in [-0.39, 0.29) is 29.9 Å². The van der Waals surface area contributed by atoms with Crippen molar-refractivity contribution in [2.75, 3.05) is 5.32 Å². The minimum absolute atomic E-state index is 0.0159. The molecule has 1 saturated heterocycles. The van der Waals surface area contributed by atoms with E-state index in [9.17, 15) is 29.1 Å². The van der Waals surface area contributed by atoms with Crippen LogP contribution in [0.15, 0.2) is 48.5 Å².